The fraction of sp³-hybridized carbons (Fsp3) is 0.611. The predicted octanol–water partition coefficient (Wildman–Crippen LogP) is 3.18. The van der Waals surface area contributed by atoms with Crippen LogP contribution in [0, 0.1) is 0 Å². The molecule has 5 nitrogen and oxygen atoms in total. The molecular formula is C18H30N4O. The van der Waals surface area contributed by atoms with Gasteiger partial charge in [0.05, 0.1) is 0 Å². The molecule has 1 aliphatic heterocycles. The number of nitrogens with zero attached hydrogens (tertiary/aromatic N) is 1. The van der Waals surface area contributed by atoms with E-state index >= 15 is 0 Å². The number of rotatable bonds is 3. The van der Waals surface area contributed by atoms with Gasteiger partial charge in [-0.1, -0.05) is 0 Å². The highest BCUT2D eigenvalue weighted by atomic mass is 16.2. The number of benzene rings is 1. The average Bonchev–Trinajstić information content (AvgIpc) is 2.34. The van der Waals surface area contributed by atoms with E-state index in [1.807, 2.05) is 43.3 Å². The van der Waals surface area contributed by atoms with Gasteiger partial charge in [-0.25, -0.2) is 4.79 Å². The van der Waals surface area contributed by atoms with Crippen LogP contribution in [0.4, 0.5) is 16.2 Å². The van der Waals surface area contributed by atoms with Crippen LogP contribution in [-0.4, -0.2) is 37.2 Å². The van der Waals surface area contributed by atoms with Crippen molar-refractivity contribution in [2.24, 2.45) is 0 Å². The highest BCUT2D eigenvalue weighted by Gasteiger charge is 2.38. The number of hydrogen-bond donors (Lipinski definition) is 3. The van der Waals surface area contributed by atoms with Crippen LogP contribution in [-0.2, 0) is 0 Å². The molecule has 0 atom stereocenters. The first-order chi connectivity index (χ1) is 10.6. The Hall–Kier alpha value is -1.75. The van der Waals surface area contributed by atoms with Crippen LogP contribution in [0.15, 0.2) is 24.3 Å². The van der Waals surface area contributed by atoms with Gasteiger partial charge in [0.25, 0.3) is 0 Å². The lowest BCUT2D eigenvalue weighted by atomic mass is 9.80. The predicted molar refractivity (Wildman–Crippen MR) is 97.2 cm³/mol. The van der Waals surface area contributed by atoms with Crippen molar-refractivity contribution in [2.45, 2.75) is 57.7 Å². The maximum absolute atomic E-state index is 12.3. The number of urea groups is 1. The highest BCUT2D eigenvalue weighted by Crippen LogP contribution is 2.28. The Balaban J connectivity index is 1.94. The van der Waals surface area contributed by atoms with E-state index in [4.69, 9.17) is 0 Å². The topological polar surface area (TPSA) is 56.4 Å². The zero-order valence-electron chi connectivity index (χ0n) is 15.2. The van der Waals surface area contributed by atoms with E-state index in [0.29, 0.717) is 0 Å². The first kappa shape index (κ1) is 17.6. The smallest absolute Gasteiger partial charge is 0.319 e. The van der Waals surface area contributed by atoms with Crippen LogP contribution in [0.3, 0.4) is 0 Å². The van der Waals surface area contributed by atoms with Crippen molar-refractivity contribution in [3.05, 3.63) is 24.3 Å². The lowest BCUT2D eigenvalue weighted by Crippen LogP contribution is -2.62. The third-order valence-corrected chi connectivity index (χ3v) is 4.17. The summed E-state index contributed by atoms with van der Waals surface area (Å²) in [7, 11) is 3.99. The third kappa shape index (κ3) is 5.13. The Labute approximate surface area is 139 Å². The molecule has 0 radical (unpaired) electrons. The number of amides is 2. The Bertz CT molecular complexity index is 533. The van der Waals surface area contributed by atoms with Crippen LogP contribution in [0.2, 0.25) is 0 Å². The van der Waals surface area contributed by atoms with Gasteiger partial charge in [-0.2, -0.15) is 0 Å². The molecule has 0 bridgehead atoms. The number of carbonyl (C=O) groups is 1. The molecule has 1 aliphatic rings. The van der Waals surface area contributed by atoms with Gasteiger partial charge in [0, 0.05) is 42.6 Å². The number of anilines is 2. The molecule has 2 rings (SSSR count). The molecular weight excluding hydrogens is 288 g/mol. The normalized spacial score (nSPS) is 19.9. The lowest BCUT2D eigenvalue weighted by molar-refractivity contribution is 0.149. The summed E-state index contributed by atoms with van der Waals surface area (Å²) in [6.07, 6.45) is 1.84. The first-order valence-corrected chi connectivity index (χ1v) is 8.21. The van der Waals surface area contributed by atoms with Crippen LogP contribution < -0.4 is 20.9 Å². The van der Waals surface area contributed by atoms with Gasteiger partial charge < -0.3 is 20.9 Å². The van der Waals surface area contributed by atoms with E-state index in [-0.39, 0.29) is 23.2 Å². The van der Waals surface area contributed by atoms with Crippen molar-refractivity contribution >= 4 is 17.4 Å². The van der Waals surface area contributed by atoms with Crippen LogP contribution in [0.1, 0.15) is 40.5 Å². The van der Waals surface area contributed by atoms with Gasteiger partial charge in [0.2, 0.25) is 0 Å². The van der Waals surface area contributed by atoms with Crippen molar-refractivity contribution in [2.75, 3.05) is 24.3 Å². The molecule has 23 heavy (non-hydrogen) atoms. The summed E-state index contributed by atoms with van der Waals surface area (Å²) >= 11 is 0. The number of carbonyl (C=O) groups excluding carboxylic acids is 1. The molecule has 0 unspecified atom stereocenters. The largest absolute Gasteiger partial charge is 0.378 e. The van der Waals surface area contributed by atoms with Crippen LogP contribution in [0.5, 0.6) is 0 Å². The van der Waals surface area contributed by atoms with Crippen molar-refractivity contribution < 1.29 is 4.79 Å². The van der Waals surface area contributed by atoms with E-state index in [0.717, 1.165) is 24.2 Å². The molecule has 0 spiro atoms. The maximum atomic E-state index is 12.3. The van der Waals surface area contributed by atoms with Crippen molar-refractivity contribution in [1.29, 1.82) is 0 Å². The zero-order valence-corrected chi connectivity index (χ0v) is 15.2. The number of nitrogens with one attached hydrogen (secondary N) is 3. The Kier molecular flexibility index (Phi) is 4.90. The lowest BCUT2D eigenvalue weighted by Gasteiger charge is -2.46. The van der Waals surface area contributed by atoms with Crippen LogP contribution >= 0.6 is 0 Å². The molecule has 1 aromatic carbocycles. The van der Waals surface area contributed by atoms with Crippen molar-refractivity contribution in [3.63, 3.8) is 0 Å². The van der Waals surface area contributed by atoms with Gasteiger partial charge >= 0.3 is 6.03 Å². The van der Waals surface area contributed by atoms with E-state index < -0.39 is 0 Å². The fourth-order valence-electron chi connectivity index (χ4n) is 3.62. The third-order valence-electron chi connectivity index (χ3n) is 4.17. The zero-order chi connectivity index (χ0) is 17.3. The minimum absolute atomic E-state index is 0.0209. The second-order valence-corrected chi connectivity index (χ2v) is 8.04. The molecule has 2 amide bonds. The average molecular weight is 318 g/mol. The molecule has 1 heterocycles. The van der Waals surface area contributed by atoms with Crippen molar-refractivity contribution in [3.8, 4) is 0 Å². The summed E-state index contributed by atoms with van der Waals surface area (Å²) in [5.74, 6) is 0. The summed E-state index contributed by atoms with van der Waals surface area (Å²) in [6.45, 7) is 8.72. The first-order valence-electron chi connectivity index (χ1n) is 8.21. The Morgan fingerprint density at radius 2 is 1.61 bits per heavy atom. The van der Waals surface area contributed by atoms with E-state index in [1.54, 1.807) is 0 Å². The molecule has 1 saturated heterocycles. The van der Waals surface area contributed by atoms with Gasteiger partial charge in [0.15, 0.2) is 0 Å². The summed E-state index contributed by atoms with van der Waals surface area (Å²) < 4.78 is 0. The quantitative estimate of drug-likeness (QED) is 0.802. The van der Waals surface area contributed by atoms with Gasteiger partial charge in [-0.3, -0.25) is 0 Å². The fourth-order valence-corrected chi connectivity index (χ4v) is 3.62. The van der Waals surface area contributed by atoms with Crippen LogP contribution in [0.25, 0.3) is 0 Å². The second kappa shape index (κ2) is 6.40. The maximum Gasteiger partial charge on any atom is 0.319 e. The second-order valence-electron chi connectivity index (χ2n) is 8.04. The molecule has 3 N–H and O–H groups in total. The van der Waals surface area contributed by atoms with Crippen molar-refractivity contribution in [1.82, 2.24) is 10.6 Å². The minimum atomic E-state index is -0.138. The summed E-state index contributed by atoms with van der Waals surface area (Å²) in [5.41, 5.74) is 1.96. The molecule has 0 aromatic heterocycles. The number of piperidine rings is 1. The molecule has 128 valence electrons. The highest BCUT2D eigenvalue weighted by molar-refractivity contribution is 5.89. The Morgan fingerprint density at radius 1 is 1.09 bits per heavy atom. The minimum Gasteiger partial charge on any atom is -0.378 e. The standard InChI is InChI=1S/C18H30N4O/c1-17(2)11-14(12-18(3,4)21-17)20-16(23)19-13-7-9-15(10-8-13)22(5)6/h7-10,14,21H,11-12H2,1-6H3,(H2,19,20,23). The summed E-state index contributed by atoms with van der Waals surface area (Å²) in [4.78, 5) is 14.3. The van der Waals surface area contributed by atoms with Gasteiger partial charge in [-0.05, 0) is 64.8 Å². The van der Waals surface area contributed by atoms with Gasteiger partial charge in [0.1, 0.15) is 0 Å². The molecule has 0 aliphatic carbocycles. The Morgan fingerprint density at radius 3 is 2.09 bits per heavy atom. The SMILES string of the molecule is CN(C)c1ccc(NC(=O)NC2CC(C)(C)NC(C)(C)C2)cc1. The van der Waals surface area contributed by atoms with E-state index in [1.165, 1.54) is 0 Å². The number of hydrogen-bond acceptors (Lipinski definition) is 3. The van der Waals surface area contributed by atoms with E-state index in [2.05, 4.69) is 43.6 Å². The van der Waals surface area contributed by atoms with E-state index in [9.17, 15) is 4.79 Å². The summed E-state index contributed by atoms with van der Waals surface area (Å²) in [5, 5.41) is 9.66. The van der Waals surface area contributed by atoms with Gasteiger partial charge in [-0.15, -0.1) is 0 Å². The monoisotopic (exact) mass is 318 g/mol. The molecule has 0 saturated carbocycles. The molecule has 1 aromatic rings. The molecule has 5 heteroatoms. The molecule has 1 fully saturated rings. The summed E-state index contributed by atoms with van der Waals surface area (Å²) in [6, 6.07) is 7.86.